The van der Waals surface area contributed by atoms with Crippen molar-refractivity contribution in [3.05, 3.63) is 23.8 Å². The summed E-state index contributed by atoms with van der Waals surface area (Å²) in [5, 5.41) is 8.93. The number of ether oxygens (including phenoxy) is 4. The summed E-state index contributed by atoms with van der Waals surface area (Å²) in [6, 6.07) is 4.36. The van der Waals surface area contributed by atoms with Crippen LogP contribution in [-0.4, -0.2) is 54.5 Å². The number of aliphatic carboxylic acids is 1. The summed E-state index contributed by atoms with van der Waals surface area (Å²) >= 11 is 1.06. The van der Waals surface area contributed by atoms with Gasteiger partial charge in [0.15, 0.2) is 0 Å². The first-order valence-electron chi connectivity index (χ1n) is 6.00. The predicted octanol–water partition coefficient (Wildman–Crippen LogP) is 1.03. The molecule has 0 aliphatic rings. The van der Waals surface area contributed by atoms with E-state index in [1.165, 1.54) is 12.1 Å². The predicted molar refractivity (Wildman–Crippen MR) is 76.1 cm³/mol. The Morgan fingerprint density at radius 1 is 1.09 bits per heavy atom. The van der Waals surface area contributed by atoms with Crippen LogP contribution in [0.5, 0.6) is 11.5 Å². The molecular formula is C13H15AsO8. The van der Waals surface area contributed by atoms with E-state index in [0.717, 1.165) is 31.1 Å². The molecule has 0 saturated heterocycles. The van der Waals surface area contributed by atoms with E-state index in [1.807, 2.05) is 0 Å². The first kappa shape index (κ1) is 17.8. The van der Waals surface area contributed by atoms with Gasteiger partial charge in [0.25, 0.3) is 0 Å². The molecule has 0 amide bonds. The number of carboxylic acid groups (broad SMARTS) is 1. The number of methoxy groups -OCH3 is 2. The molecule has 22 heavy (non-hydrogen) atoms. The molecule has 8 nitrogen and oxygen atoms in total. The minimum absolute atomic E-state index is 0.0468. The molecule has 1 aromatic rings. The Labute approximate surface area is 134 Å². The van der Waals surface area contributed by atoms with E-state index in [0.29, 0.717) is 5.56 Å². The fraction of sp³-hybridized carbons (Fsp3) is 0.308. The fourth-order valence-corrected chi connectivity index (χ4v) is 2.02. The third-order valence-electron chi connectivity index (χ3n) is 2.50. The normalized spacial score (nSPS) is 11.2. The number of carboxylic acids is 1. The monoisotopic (exact) mass is 374 g/mol. The molecule has 1 unspecified atom stereocenters. The molecule has 120 valence electrons. The van der Waals surface area contributed by atoms with Gasteiger partial charge in [0.1, 0.15) is 0 Å². The van der Waals surface area contributed by atoms with E-state index in [1.54, 1.807) is 6.07 Å². The number of hydrogen-bond donors (Lipinski definition) is 1. The zero-order chi connectivity index (χ0) is 16.7. The molecule has 0 radical (unpaired) electrons. The van der Waals surface area contributed by atoms with Crippen molar-refractivity contribution in [3.63, 3.8) is 0 Å². The molecule has 0 bridgehead atoms. The summed E-state index contributed by atoms with van der Waals surface area (Å²) < 4.78 is 17.9. The number of hydrogen-bond acceptors (Lipinski definition) is 7. The third kappa shape index (κ3) is 5.29. The van der Waals surface area contributed by atoms with Crippen molar-refractivity contribution < 1.29 is 38.4 Å². The fourth-order valence-electron chi connectivity index (χ4n) is 1.45. The van der Waals surface area contributed by atoms with Gasteiger partial charge in [0.2, 0.25) is 0 Å². The van der Waals surface area contributed by atoms with Crippen molar-refractivity contribution in [1.29, 1.82) is 0 Å². The van der Waals surface area contributed by atoms with E-state index < -0.39 is 23.0 Å². The average molecular weight is 374 g/mol. The van der Waals surface area contributed by atoms with E-state index in [-0.39, 0.29) is 17.9 Å². The molecule has 0 fully saturated rings. The molecule has 2 atom stereocenters. The summed E-state index contributed by atoms with van der Waals surface area (Å²) in [4.78, 5) is 33.3. The molecule has 0 saturated carbocycles. The van der Waals surface area contributed by atoms with Crippen LogP contribution in [0.3, 0.4) is 0 Å². The second kappa shape index (κ2) is 8.28. The van der Waals surface area contributed by atoms with Crippen LogP contribution >= 0.6 is 0 Å². The minimum atomic E-state index is -0.998. The number of benzene rings is 1. The molecule has 1 rings (SSSR count). The van der Waals surface area contributed by atoms with Crippen LogP contribution in [0.15, 0.2) is 18.2 Å². The van der Waals surface area contributed by atoms with E-state index in [9.17, 15) is 14.4 Å². The SMILES string of the molecule is COC(=O)Oc1ccc(C[C@H]([AsH2])C(=O)O)cc1OC(=O)OC. The van der Waals surface area contributed by atoms with Gasteiger partial charge in [0, 0.05) is 0 Å². The van der Waals surface area contributed by atoms with Gasteiger partial charge in [-0.2, -0.15) is 0 Å². The Morgan fingerprint density at radius 2 is 1.64 bits per heavy atom. The Bertz CT molecular complexity index is 571. The van der Waals surface area contributed by atoms with Crippen LogP contribution in [-0.2, 0) is 20.7 Å². The first-order valence-corrected chi connectivity index (χ1v) is 7.40. The van der Waals surface area contributed by atoms with Crippen LogP contribution in [0.4, 0.5) is 9.59 Å². The molecular weight excluding hydrogens is 359 g/mol. The van der Waals surface area contributed by atoms with E-state index in [2.05, 4.69) is 9.47 Å². The number of carbonyl (C=O) groups excluding carboxylic acids is 2. The van der Waals surface area contributed by atoms with Crippen LogP contribution in [0, 0.1) is 0 Å². The maximum absolute atomic E-state index is 11.2. The van der Waals surface area contributed by atoms with Crippen molar-refractivity contribution in [3.8, 4) is 11.5 Å². The van der Waals surface area contributed by atoms with Gasteiger partial charge in [0.05, 0.1) is 0 Å². The third-order valence-corrected chi connectivity index (χ3v) is 3.59. The van der Waals surface area contributed by atoms with Crippen molar-refractivity contribution in [2.24, 2.45) is 0 Å². The van der Waals surface area contributed by atoms with Gasteiger partial charge in [-0.25, -0.2) is 0 Å². The van der Waals surface area contributed by atoms with Crippen molar-refractivity contribution >= 4 is 35.1 Å². The summed E-state index contributed by atoms with van der Waals surface area (Å²) in [5.41, 5.74) is 0.605. The molecule has 0 spiro atoms. The quantitative estimate of drug-likeness (QED) is 0.463. The molecule has 0 heterocycles. The Kier molecular flexibility index (Phi) is 6.72. The molecule has 0 aromatic heterocycles. The Hall–Kier alpha value is -2.21. The Morgan fingerprint density at radius 3 is 2.14 bits per heavy atom. The van der Waals surface area contributed by atoms with Crippen LogP contribution in [0.1, 0.15) is 5.56 Å². The number of carbonyl (C=O) groups is 3. The maximum atomic E-state index is 11.2. The summed E-state index contributed by atoms with van der Waals surface area (Å²) in [6.45, 7) is 0. The molecule has 0 aliphatic carbocycles. The zero-order valence-electron chi connectivity index (χ0n) is 11.9. The molecule has 9 heteroatoms. The Balaban J connectivity index is 3.04. The topological polar surface area (TPSA) is 108 Å². The zero-order valence-corrected chi connectivity index (χ0v) is 14.3. The average Bonchev–Trinajstić information content (AvgIpc) is 2.49. The molecule has 1 N–H and O–H groups in total. The first-order chi connectivity index (χ1) is 10.4. The van der Waals surface area contributed by atoms with Gasteiger partial charge in [-0.05, 0) is 0 Å². The van der Waals surface area contributed by atoms with Crippen LogP contribution in [0.2, 0.25) is 4.71 Å². The molecule has 1 aromatic carbocycles. The van der Waals surface area contributed by atoms with Gasteiger partial charge in [-0.15, -0.1) is 0 Å². The van der Waals surface area contributed by atoms with Crippen LogP contribution in [0.25, 0.3) is 0 Å². The molecule has 0 aliphatic heterocycles. The van der Waals surface area contributed by atoms with Gasteiger partial charge < -0.3 is 0 Å². The van der Waals surface area contributed by atoms with E-state index in [4.69, 9.17) is 14.6 Å². The number of rotatable bonds is 5. The van der Waals surface area contributed by atoms with Crippen molar-refractivity contribution in [2.75, 3.05) is 14.2 Å². The second-order valence-electron chi connectivity index (χ2n) is 4.04. The standard InChI is InChI=1S/C13H15AsO8/c1-19-12(17)21-9-4-3-7(5-8(14)11(15)16)6-10(9)22-13(18)20-2/h3-4,6,8H,5,14H2,1-2H3,(H,15,16)/t8-/m0/s1. The van der Waals surface area contributed by atoms with Crippen LogP contribution < -0.4 is 9.47 Å². The summed E-state index contributed by atoms with van der Waals surface area (Å²) in [5.74, 6) is -1.04. The van der Waals surface area contributed by atoms with Crippen molar-refractivity contribution in [2.45, 2.75) is 11.1 Å². The van der Waals surface area contributed by atoms with E-state index >= 15 is 0 Å². The summed E-state index contributed by atoms with van der Waals surface area (Å²) in [6.07, 6.45) is -1.74. The second-order valence-corrected chi connectivity index (χ2v) is 5.73. The van der Waals surface area contributed by atoms with Gasteiger partial charge in [-0.3, -0.25) is 0 Å². The van der Waals surface area contributed by atoms with Gasteiger partial charge in [-0.1, -0.05) is 0 Å². The van der Waals surface area contributed by atoms with Gasteiger partial charge >= 0.3 is 134 Å². The summed E-state index contributed by atoms with van der Waals surface area (Å²) in [7, 11) is 2.26. The van der Waals surface area contributed by atoms with Crippen molar-refractivity contribution in [1.82, 2.24) is 0 Å².